The van der Waals surface area contributed by atoms with E-state index in [1.54, 1.807) is 53.7 Å². The minimum atomic E-state index is -1.80. The Morgan fingerprint density at radius 1 is 1.30 bits per heavy atom. The molecule has 2 fully saturated rings. The lowest BCUT2D eigenvalue weighted by Crippen LogP contribution is -2.46. The molecule has 0 radical (unpaired) electrons. The van der Waals surface area contributed by atoms with Crippen molar-refractivity contribution < 1.29 is 38.7 Å². The standard InChI is InChI=1S/C21H28N4O8/c1-10(2)30-17(27)24-15-11-7-8-12(25(11)23-9-22-15)20(6)16(26)21(29)13(14(21)32-20)31-18(28)33-19(3,4)5/h7-10,13-14,16,26,29H,1-6H3,(H,22,23,24,27)/t13?,14-,16+,20+,21-/m1/s1. The Morgan fingerprint density at radius 3 is 2.58 bits per heavy atom. The van der Waals surface area contributed by atoms with Gasteiger partial charge in [0.25, 0.3) is 0 Å². The number of anilines is 1. The van der Waals surface area contributed by atoms with Gasteiger partial charge in [-0.1, -0.05) is 0 Å². The average Bonchev–Trinajstić information content (AvgIpc) is 2.99. The molecule has 1 saturated heterocycles. The third-order valence-electron chi connectivity index (χ3n) is 5.55. The van der Waals surface area contributed by atoms with Crippen molar-refractivity contribution >= 4 is 23.6 Å². The Bertz CT molecular complexity index is 1100. The van der Waals surface area contributed by atoms with E-state index in [1.165, 1.54) is 10.8 Å². The molecule has 3 heterocycles. The van der Waals surface area contributed by atoms with E-state index in [4.69, 9.17) is 18.9 Å². The number of amides is 1. The van der Waals surface area contributed by atoms with Crippen molar-refractivity contribution in [2.45, 2.75) is 82.8 Å². The van der Waals surface area contributed by atoms with Gasteiger partial charge in [0.05, 0.1) is 11.8 Å². The van der Waals surface area contributed by atoms with E-state index < -0.39 is 47.4 Å². The van der Waals surface area contributed by atoms with Gasteiger partial charge in [-0.25, -0.2) is 19.1 Å². The van der Waals surface area contributed by atoms with Crippen LogP contribution in [0, 0.1) is 0 Å². The van der Waals surface area contributed by atoms with Crippen molar-refractivity contribution in [2.75, 3.05) is 5.32 Å². The molecule has 5 atom stereocenters. The van der Waals surface area contributed by atoms with Crippen molar-refractivity contribution in [3.8, 4) is 0 Å². The third kappa shape index (κ3) is 3.87. The van der Waals surface area contributed by atoms with Crippen molar-refractivity contribution in [1.82, 2.24) is 14.6 Å². The van der Waals surface area contributed by atoms with Crippen molar-refractivity contribution in [1.29, 1.82) is 0 Å². The van der Waals surface area contributed by atoms with Gasteiger partial charge < -0.3 is 29.2 Å². The van der Waals surface area contributed by atoms with Crippen molar-refractivity contribution in [3.63, 3.8) is 0 Å². The van der Waals surface area contributed by atoms with Gasteiger partial charge in [-0.05, 0) is 53.7 Å². The van der Waals surface area contributed by atoms with Crippen LogP contribution in [0.15, 0.2) is 18.5 Å². The molecule has 12 nitrogen and oxygen atoms in total. The molecular formula is C21H28N4O8. The first kappa shape index (κ1) is 23.2. The summed E-state index contributed by atoms with van der Waals surface area (Å²) in [5.74, 6) is 0.202. The zero-order valence-electron chi connectivity index (χ0n) is 19.2. The Labute approximate surface area is 189 Å². The summed E-state index contributed by atoms with van der Waals surface area (Å²) in [5, 5.41) is 28.8. The number of nitrogens with one attached hydrogen (secondary N) is 1. The molecule has 4 rings (SSSR count). The Hall–Kier alpha value is -2.96. The van der Waals surface area contributed by atoms with Crippen LogP contribution >= 0.6 is 0 Å². The lowest BCUT2D eigenvalue weighted by molar-refractivity contribution is -0.135. The number of aliphatic hydroxyl groups excluding tert-OH is 1. The second kappa shape index (κ2) is 7.54. The molecule has 1 aliphatic carbocycles. The van der Waals surface area contributed by atoms with E-state index >= 15 is 0 Å². The van der Waals surface area contributed by atoms with Crippen LogP contribution < -0.4 is 5.32 Å². The highest BCUT2D eigenvalue weighted by Crippen LogP contribution is 2.59. The maximum atomic E-state index is 12.0. The highest BCUT2D eigenvalue weighted by molar-refractivity contribution is 5.88. The maximum absolute atomic E-state index is 12.0. The maximum Gasteiger partial charge on any atom is 0.509 e. The fourth-order valence-corrected chi connectivity index (χ4v) is 4.05. The van der Waals surface area contributed by atoms with E-state index in [9.17, 15) is 19.8 Å². The van der Waals surface area contributed by atoms with E-state index in [0.717, 1.165) is 0 Å². The number of fused-ring (bicyclic) bond motifs is 2. The van der Waals surface area contributed by atoms with Gasteiger partial charge in [-0.3, -0.25) is 5.32 Å². The van der Waals surface area contributed by atoms with Crippen molar-refractivity contribution in [3.05, 3.63) is 24.2 Å². The normalized spacial score (nSPS) is 30.8. The van der Waals surface area contributed by atoms with Gasteiger partial charge in [0.1, 0.15) is 35.3 Å². The van der Waals surface area contributed by atoms with Crippen LogP contribution in [0.5, 0.6) is 0 Å². The average molecular weight is 464 g/mol. The third-order valence-corrected chi connectivity index (χ3v) is 5.55. The molecule has 2 aromatic heterocycles. The zero-order valence-corrected chi connectivity index (χ0v) is 19.2. The summed E-state index contributed by atoms with van der Waals surface area (Å²) in [6.07, 6.45) is -4.18. The summed E-state index contributed by atoms with van der Waals surface area (Å²) in [5.41, 5.74) is -3.12. The summed E-state index contributed by atoms with van der Waals surface area (Å²) in [6, 6.07) is 3.29. The SMILES string of the molecule is CC(C)OC(=O)Nc1ncnn2c([C@]3(C)O[C@@H]4C(OC(=O)OC(C)(C)C)[C@]4(O)[C@H]3O)ccc12. The van der Waals surface area contributed by atoms with E-state index in [0.29, 0.717) is 11.2 Å². The van der Waals surface area contributed by atoms with Crippen LogP contribution in [0.2, 0.25) is 0 Å². The van der Waals surface area contributed by atoms with Gasteiger partial charge >= 0.3 is 12.2 Å². The summed E-state index contributed by atoms with van der Waals surface area (Å²) in [7, 11) is 0. The van der Waals surface area contributed by atoms with Crippen LogP contribution in [0.25, 0.3) is 5.52 Å². The molecule has 3 N–H and O–H groups in total. The van der Waals surface area contributed by atoms with E-state index in [2.05, 4.69) is 15.4 Å². The highest BCUT2D eigenvalue weighted by atomic mass is 16.8. The predicted octanol–water partition coefficient (Wildman–Crippen LogP) is 1.73. The van der Waals surface area contributed by atoms with Crippen LogP contribution in [0.3, 0.4) is 0 Å². The molecule has 1 unspecified atom stereocenters. The summed E-state index contributed by atoms with van der Waals surface area (Å²) >= 11 is 0. The summed E-state index contributed by atoms with van der Waals surface area (Å²) in [6.45, 7) is 10.1. The topological polar surface area (TPSA) is 154 Å². The molecule has 180 valence electrons. The zero-order chi connectivity index (χ0) is 24.3. The lowest BCUT2D eigenvalue weighted by Gasteiger charge is -2.32. The molecule has 0 aromatic carbocycles. The number of carbonyl (C=O) groups is 2. The Balaban J connectivity index is 1.55. The Kier molecular flexibility index (Phi) is 5.30. The number of rotatable bonds is 4. The molecule has 0 spiro atoms. The fourth-order valence-electron chi connectivity index (χ4n) is 4.05. The monoisotopic (exact) mass is 464 g/mol. The van der Waals surface area contributed by atoms with E-state index in [1.807, 2.05) is 0 Å². The molecule has 12 heteroatoms. The molecule has 33 heavy (non-hydrogen) atoms. The highest BCUT2D eigenvalue weighted by Gasteiger charge is 2.82. The largest absolute Gasteiger partial charge is 0.509 e. The predicted molar refractivity (Wildman–Crippen MR) is 113 cm³/mol. The van der Waals surface area contributed by atoms with Gasteiger partial charge in [0.2, 0.25) is 0 Å². The number of hydrogen-bond donors (Lipinski definition) is 3. The first-order chi connectivity index (χ1) is 15.3. The molecule has 1 saturated carbocycles. The number of nitrogens with zero attached hydrogens (tertiary/aromatic N) is 3. The molecule has 2 aromatic rings. The van der Waals surface area contributed by atoms with Gasteiger partial charge in [0, 0.05) is 0 Å². The number of carbonyl (C=O) groups excluding carboxylic acids is 2. The van der Waals surface area contributed by atoms with Gasteiger partial charge in [-0.2, -0.15) is 5.10 Å². The Morgan fingerprint density at radius 2 is 2.00 bits per heavy atom. The van der Waals surface area contributed by atoms with Gasteiger partial charge in [-0.15, -0.1) is 0 Å². The number of ether oxygens (including phenoxy) is 4. The second-order valence-electron chi connectivity index (χ2n) is 9.64. The fraction of sp³-hybridized carbons (Fsp3) is 0.619. The quantitative estimate of drug-likeness (QED) is 0.570. The number of hydrogen-bond acceptors (Lipinski definition) is 10. The number of aliphatic hydroxyl groups is 2. The molecule has 2 aliphatic rings. The molecule has 0 bridgehead atoms. The van der Waals surface area contributed by atoms with Crippen molar-refractivity contribution in [2.24, 2.45) is 0 Å². The molecular weight excluding hydrogens is 436 g/mol. The van der Waals surface area contributed by atoms with Gasteiger partial charge in [0.15, 0.2) is 17.5 Å². The number of aromatic nitrogens is 3. The van der Waals surface area contributed by atoms with Crippen LogP contribution in [-0.2, 0) is 24.5 Å². The minimum absolute atomic E-state index is 0.202. The van der Waals surface area contributed by atoms with Crippen LogP contribution in [0.4, 0.5) is 15.4 Å². The lowest BCUT2D eigenvalue weighted by atomic mass is 9.91. The first-order valence-corrected chi connectivity index (χ1v) is 10.6. The molecule has 1 aliphatic heterocycles. The summed E-state index contributed by atoms with van der Waals surface area (Å²) < 4.78 is 22.8. The summed E-state index contributed by atoms with van der Waals surface area (Å²) in [4.78, 5) is 28.1. The first-order valence-electron chi connectivity index (χ1n) is 10.6. The molecule has 1 amide bonds. The minimum Gasteiger partial charge on any atom is -0.447 e. The van der Waals surface area contributed by atoms with E-state index in [-0.39, 0.29) is 11.9 Å². The second-order valence-corrected chi connectivity index (χ2v) is 9.64. The van der Waals surface area contributed by atoms with Crippen LogP contribution in [-0.4, -0.2) is 72.7 Å². The van der Waals surface area contributed by atoms with Crippen LogP contribution in [0.1, 0.15) is 47.2 Å². The smallest absolute Gasteiger partial charge is 0.447 e.